The van der Waals surface area contributed by atoms with Crippen molar-refractivity contribution in [2.24, 2.45) is 5.10 Å². The molecule has 0 saturated carbocycles. The van der Waals surface area contributed by atoms with E-state index in [2.05, 4.69) is 15.8 Å². The monoisotopic (exact) mass is 507 g/mol. The lowest BCUT2D eigenvalue weighted by Gasteiger charge is -2.10. The van der Waals surface area contributed by atoms with E-state index in [-0.39, 0.29) is 5.70 Å². The summed E-state index contributed by atoms with van der Waals surface area (Å²) in [4.78, 5) is 25.8. The van der Waals surface area contributed by atoms with Gasteiger partial charge in [0.25, 0.3) is 11.8 Å². The molecule has 0 spiro atoms. The van der Waals surface area contributed by atoms with Gasteiger partial charge in [-0.25, -0.2) is 5.43 Å². The Labute approximate surface area is 221 Å². The number of nitrogens with zero attached hydrogens (tertiary/aromatic N) is 1. The Hall–Kier alpha value is -4.91. The molecule has 0 bridgehead atoms. The van der Waals surface area contributed by atoms with Gasteiger partial charge in [-0.3, -0.25) is 9.59 Å². The third-order valence-electron chi connectivity index (χ3n) is 5.64. The maximum Gasteiger partial charge on any atom is 0.287 e. The van der Waals surface area contributed by atoms with Gasteiger partial charge in [0.15, 0.2) is 0 Å². The summed E-state index contributed by atoms with van der Waals surface area (Å²) in [6.07, 6.45) is 4.06. The molecule has 0 radical (unpaired) electrons. The zero-order valence-corrected chi connectivity index (χ0v) is 21.3. The summed E-state index contributed by atoms with van der Waals surface area (Å²) in [7, 11) is 1.63. The molecule has 0 aromatic heterocycles. The van der Waals surface area contributed by atoms with Gasteiger partial charge in [-0.1, -0.05) is 55.5 Å². The van der Waals surface area contributed by atoms with Crippen molar-refractivity contribution < 1.29 is 19.1 Å². The molecule has 0 unspecified atom stereocenters. The topological polar surface area (TPSA) is 89.0 Å². The smallest absolute Gasteiger partial charge is 0.287 e. The minimum absolute atomic E-state index is 0.0591. The second-order valence-electron chi connectivity index (χ2n) is 8.47. The summed E-state index contributed by atoms with van der Waals surface area (Å²) in [6, 6.07) is 27.6. The van der Waals surface area contributed by atoms with Gasteiger partial charge >= 0.3 is 0 Å². The van der Waals surface area contributed by atoms with Crippen LogP contribution in [0.25, 0.3) is 16.8 Å². The molecule has 7 nitrogen and oxygen atoms in total. The van der Waals surface area contributed by atoms with Gasteiger partial charge in [0.1, 0.15) is 17.2 Å². The SMILES string of the molecule is CCCOc1ccc(/C=C(\NC(=O)c2ccccc2)C(=O)NN=Cc2ccc3cc(OC)ccc3c2)cc1. The summed E-state index contributed by atoms with van der Waals surface area (Å²) in [6.45, 7) is 2.66. The number of rotatable bonds is 10. The largest absolute Gasteiger partial charge is 0.497 e. The third-order valence-corrected chi connectivity index (χ3v) is 5.64. The van der Waals surface area contributed by atoms with Crippen molar-refractivity contribution in [3.05, 3.63) is 113 Å². The predicted octanol–water partition coefficient (Wildman–Crippen LogP) is 5.56. The number of carbonyl (C=O) groups excluding carboxylic acids is 2. The fourth-order valence-corrected chi connectivity index (χ4v) is 3.66. The number of hydrogen-bond acceptors (Lipinski definition) is 5. The Kier molecular flexibility index (Phi) is 8.86. The first-order valence-corrected chi connectivity index (χ1v) is 12.3. The Morgan fingerprint density at radius 3 is 2.26 bits per heavy atom. The van der Waals surface area contributed by atoms with Crippen LogP contribution in [0.5, 0.6) is 11.5 Å². The molecule has 0 aliphatic carbocycles. The molecular formula is C31H29N3O4. The van der Waals surface area contributed by atoms with Crippen molar-refractivity contribution >= 4 is 34.9 Å². The first-order chi connectivity index (χ1) is 18.6. The fraction of sp³-hybridized carbons (Fsp3) is 0.129. The number of hydrazone groups is 1. The number of ether oxygens (including phenoxy) is 2. The predicted molar refractivity (Wildman–Crippen MR) is 150 cm³/mol. The highest BCUT2D eigenvalue weighted by Gasteiger charge is 2.14. The van der Waals surface area contributed by atoms with Crippen LogP contribution in [-0.4, -0.2) is 31.7 Å². The summed E-state index contributed by atoms with van der Waals surface area (Å²) >= 11 is 0. The van der Waals surface area contributed by atoms with Crippen molar-refractivity contribution in [3.63, 3.8) is 0 Å². The minimum Gasteiger partial charge on any atom is -0.497 e. The number of fused-ring (bicyclic) bond motifs is 1. The van der Waals surface area contributed by atoms with Crippen molar-refractivity contribution in [1.29, 1.82) is 0 Å². The average Bonchev–Trinajstić information content (AvgIpc) is 2.96. The highest BCUT2D eigenvalue weighted by molar-refractivity contribution is 6.05. The molecule has 0 atom stereocenters. The zero-order chi connectivity index (χ0) is 26.7. The van der Waals surface area contributed by atoms with Crippen LogP contribution in [0.3, 0.4) is 0 Å². The van der Waals surface area contributed by atoms with Crippen LogP contribution >= 0.6 is 0 Å². The number of amides is 2. The number of hydrogen-bond donors (Lipinski definition) is 2. The van der Waals surface area contributed by atoms with E-state index in [0.29, 0.717) is 12.2 Å². The summed E-state index contributed by atoms with van der Waals surface area (Å²) in [5.74, 6) is 0.569. The molecule has 0 fully saturated rings. The highest BCUT2D eigenvalue weighted by atomic mass is 16.5. The third kappa shape index (κ3) is 7.07. The lowest BCUT2D eigenvalue weighted by Crippen LogP contribution is -2.32. The molecule has 4 aromatic rings. The van der Waals surface area contributed by atoms with Crippen LogP contribution in [0, 0.1) is 0 Å². The maximum absolute atomic E-state index is 13.0. The van der Waals surface area contributed by atoms with Crippen LogP contribution in [0.2, 0.25) is 0 Å². The van der Waals surface area contributed by atoms with Crippen molar-refractivity contribution in [2.75, 3.05) is 13.7 Å². The van der Waals surface area contributed by atoms with Crippen molar-refractivity contribution in [3.8, 4) is 11.5 Å². The number of nitrogens with one attached hydrogen (secondary N) is 2. The van der Waals surface area contributed by atoms with Crippen LogP contribution in [0.1, 0.15) is 34.8 Å². The van der Waals surface area contributed by atoms with Crippen LogP contribution in [-0.2, 0) is 4.79 Å². The first kappa shape index (κ1) is 26.2. The van der Waals surface area contributed by atoms with E-state index in [1.54, 1.807) is 43.7 Å². The number of carbonyl (C=O) groups is 2. The van der Waals surface area contributed by atoms with Gasteiger partial charge in [0.05, 0.1) is 19.9 Å². The Morgan fingerprint density at radius 2 is 1.53 bits per heavy atom. The Morgan fingerprint density at radius 1 is 0.842 bits per heavy atom. The normalized spacial score (nSPS) is 11.4. The second-order valence-corrected chi connectivity index (χ2v) is 8.47. The van der Waals surface area contributed by atoms with Gasteiger partial charge in [-0.2, -0.15) is 5.10 Å². The van der Waals surface area contributed by atoms with Gasteiger partial charge in [-0.05, 0) is 76.9 Å². The molecule has 0 heterocycles. The molecular weight excluding hydrogens is 478 g/mol. The molecule has 4 aromatic carbocycles. The van der Waals surface area contributed by atoms with Gasteiger partial charge in [0, 0.05) is 5.56 Å². The summed E-state index contributed by atoms with van der Waals surface area (Å²) < 4.78 is 10.9. The van der Waals surface area contributed by atoms with E-state index in [1.165, 1.54) is 0 Å². The van der Waals surface area contributed by atoms with Crippen molar-refractivity contribution in [1.82, 2.24) is 10.7 Å². The van der Waals surface area contributed by atoms with E-state index in [9.17, 15) is 9.59 Å². The molecule has 7 heteroatoms. The molecule has 4 rings (SSSR count). The maximum atomic E-state index is 13.0. The van der Waals surface area contributed by atoms with Crippen LogP contribution in [0.15, 0.2) is 102 Å². The molecule has 192 valence electrons. The fourth-order valence-electron chi connectivity index (χ4n) is 3.66. The van der Waals surface area contributed by atoms with Crippen LogP contribution in [0.4, 0.5) is 0 Å². The van der Waals surface area contributed by atoms with E-state index >= 15 is 0 Å². The number of benzene rings is 4. The van der Waals surface area contributed by atoms with E-state index < -0.39 is 11.8 Å². The standard InChI is InChI=1S/C31H29N3O4/c1-3-17-38-27-14-10-22(11-15-27)19-29(33-30(35)24-7-5-4-6-8-24)31(36)34-32-21-23-9-12-26-20-28(37-2)16-13-25(26)18-23/h4-16,18-21H,3,17H2,1-2H3,(H,33,35)(H,34,36)/b29-19-,32-21?. The van der Waals surface area contributed by atoms with Crippen molar-refractivity contribution in [2.45, 2.75) is 13.3 Å². The van der Waals surface area contributed by atoms with Gasteiger partial charge in [-0.15, -0.1) is 0 Å². The average molecular weight is 508 g/mol. The zero-order valence-electron chi connectivity index (χ0n) is 21.3. The quantitative estimate of drug-likeness (QED) is 0.167. The minimum atomic E-state index is -0.553. The number of methoxy groups -OCH3 is 1. The molecule has 0 saturated heterocycles. The van der Waals surface area contributed by atoms with E-state index in [0.717, 1.165) is 39.8 Å². The lowest BCUT2D eigenvalue weighted by molar-refractivity contribution is -0.117. The van der Waals surface area contributed by atoms with Crippen LogP contribution < -0.4 is 20.2 Å². The molecule has 2 amide bonds. The Bertz CT molecular complexity index is 1460. The molecule has 38 heavy (non-hydrogen) atoms. The van der Waals surface area contributed by atoms with Gasteiger partial charge in [0.2, 0.25) is 0 Å². The first-order valence-electron chi connectivity index (χ1n) is 12.3. The Balaban J connectivity index is 1.51. The van der Waals surface area contributed by atoms with Gasteiger partial charge < -0.3 is 14.8 Å². The highest BCUT2D eigenvalue weighted by Crippen LogP contribution is 2.21. The molecule has 0 aliphatic rings. The summed E-state index contributed by atoms with van der Waals surface area (Å²) in [5, 5.41) is 8.87. The second kappa shape index (κ2) is 12.9. The summed E-state index contributed by atoms with van der Waals surface area (Å²) in [5.41, 5.74) is 4.54. The molecule has 2 N–H and O–H groups in total. The van der Waals surface area contributed by atoms with E-state index in [4.69, 9.17) is 9.47 Å². The molecule has 0 aliphatic heterocycles. The van der Waals surface area contributed by atoms with E-state index in [1.807, 2.05) is 73.7 Å². The lowest BCUT2D eigenvalue weighted by atomic mass is 10.1.